The molecule has 2 heterocycles. The Balaban J connectivity index is 1.15. The largest absolute Gasteiger partial charge is 0.360 e. The van der Waals surface area contributed by atoms with Gasteiger partial charge in [0.1, 0.15) is 5.76 Å². The van der Waals surface area contributed by atoms with Crippen LogP contribution in [0.2, 0.25) is 0 Å². The fourth-order valence-electron chi connectivity index (χ4n) is 4.16. The molecule has 2 aliphatic carbocycles. The van der Waals surface area contributed by atoms with Gasteiger partial charge in [-0.2, -0.15) is 0 Å². The van der Waals surface area contributed by atoms with Gasteiger partial charge in [-0.1, -0.05) is 5.16 Å². The molecule has 0 spiro atoms. The van der Waals surface area contributed by atoms with Gasteiger partial charge in [-0.25, -0.2) is 0 Å². The molecule has 0 aromatic carbocycles. The fraction of sp³-hybridized carbons (Fsp3) is 0.750. The number of nitrogens with one attached hydrogen (secondary N) is 2. The molecule has 0 radical (unpaired) electrons. The van der Waals surface area contributed by atoms with E-state index in [0.717, 1.165) is 63.9 Å². The van der Waals surface area contributed by atoms with Crippen molar-refractivity contribution in [2.24, 2.45) is 0 Å². The van der Waals surface area contributed by atoms with Gasteiger partial charge in [-0.3, -0.25) is 9.59 Å². The number of nitrogens with zero attached hydrogens (tertiary/aromatic N) is 2. The highest BCUT2D eigenvalue weighted by atomic mass is 16.5. The Morgan fingerprint density at radius 1 is 1.04 bits per heavy atom. The molecule has 1 aromatic heterocycles. The highest BCUT2D eigenvalue weighted by Gasteiger charge is 2.30. The van der Waals surface area contributed by atoms with Gasteiger partial charge in [0.05, 0.1) is 0 Å². The topological polar surface area (TPSA) is 87.5 Å². The third-order valence-electron chi connectivity index (χ3n) is 6.02. The first-order chi connectivity index (χ1) is 13.2. The molecule has 148 valence electrons. The first-order valence-corrected chi connectivity index (χ1v) is 10.5. The number of aromatic nitrogens is 1. The van der Waals surface area contributed by atoms with Crippen LogP contribution < -0.4 is 10.6 Å². The first kappa shape index (κ1) is 18.5. The van der Waals surface area contributed by atoms with E-state index in [1.807, 2.05) is 0 Å². The fourth-order valence-corrected chi connectivity index (χ4v) is 4.16. The second-order valence-corrected chi connectivity index (χ2v) is 8.28. The molecule has 3 fully saturated rings. The maximum absolute atomic E-state index is 12.3. The Morgan fingerprint density at radius 3 is 2.37 bits per heavy atom. The predicted octanol–water partition coefficient (Wildman–Crippen LogP) is 2.20. The summed E-state index contributed by atoms with van der Waals surface area (Å²) in [5, 5.41) is 10.1. The Labute approximate surface area is 160 Å². The SMILES string of the molecule is O=C(CCN1CCCC1)N[C@H]1CC[C@H](NC(=O)c2cc(C3CC3)on2)CC1. The monoisotopic (exact) mass is 374 g/mol. The van der Waals surface area contributed by atoms with Gasteiger partial charge in [0.2, 0.25) is 5.91 Å². The van der Waals surface area contributed by atoms with Crippen molar-refractivity contribution in [3.63, 3.8) is 0 Å². The van der Waals surface area contributed by atoms with Crippen molar-refractivity contribution in [1.29, 1.82) is 0 Å². The van der Waals surface area contributed by atoms with Gasteiger partial charge in [0, 0.05) is 37.0 Å². The number of hydrogen-bond acceptors (Lipinski definition) is 5. The van der Waals surface area contributed by atoms with Crippen LogP contribution in [-0.4, -0.2) is 53.6 Å². The van der Waals surface area contributed by atoms with Crippen molar-refractivity contribution in [3.8, 4) is 0 Å². The van der Waals surface area contributed by atoms with E-state index < -0.39 is 0 Å². The zero-order valence-corrected chi connectivity index (χ0v) is 15.9. The molecule has 2 saturated carbocycles. The van der Waals surface area contributed by atoms with Gasteiger partial charge in [-0.15, -0.1) is 0 Å². The van der Waals surface area contributed by atoms with Crippen LogP contribution in [0.4, 0.5) is 0 Å². The third-order valence-corrected chi connectivity index (χ3v) is 6.02. The molecule has 27 heavy (non-hydrogen) atoms. The Kier molecular flexibility index (Phi) is 5.76. The molecule has 2 amide bonds. The molecule has 1 saturated heterocycles. The van der Waals surface area contributed by atoms with Gasteiger partial charge >= 0.3 is 0 Å². The minimum atomic E-state index is -0.149. The van der Waals surface area contributed by atoms with Crippen molar-refractivity contribution in [2.75, 3.05) is 19.6 Å². The Hall–Kier alpha value is -1.89. The highest BCUT2D eigenvalue weighted by Crippen LogP contribution is 2.40. The van der Waals surface area contributed by atoms with E-state index in [9.17, 15) is 9.59 Å². The number of carbonyl (C=O) groups is 2. The molecule has 2 N–H and O–H groups in total. The van der Waals surface area contributed by atoms with Crippen LogP contribution in [0.25, 0.3) is 0 Å². The maximum Gasteiger partial charge on any atom is 0.273 e. The number of carbonyl (C=O) groups excluding carboxylic acids is 2. The smallest absolute Gasteiger partial charge is 0.273 e. The second-order valence-electron chi connectivity index (χ2n) is 8.28. The zero-order valence-electron chi connectivity index (χ0n) is 15.9. The summed E-state index contributed by atoms with van der Waals surface area (Å²) in [5.74, 6) is 1.30. The number of amides is 2. The van der Waals surface area contributed by atoms with Crippen LogP contribution in [0.15, 0.2) is 10.6 Å². The van der Waals surface area contributed by atoms with Crippen LogP contribution in [-0.2, 0) is 4.79 Å². The minimum absolute atomic E-state index is 0.149. The summed E-state index contributed by atoms with van der Waals surface area (Å²) in [6.07, 6.45) is 8.95. The maximum atomic E-state index is 12.3. The molecular weight excluding hydrogens is 344 g/mol. The Morgan fingerprint density at radius 2 is 1.70 bits per heavy atom. The molecule has 4 rings (SSSR count). The average molecular weight is 374 g/mol. The summed E-state index contributed by atoms with van der Waals surface area (Å²) in [6, 6.07) is 2.16. The van der Waals surface area contributed by atoms with Crippen LogP contribution in [0.3, 0.4) is 0 Å². The lowest BCUT2D eigenvalue weighted by molar-refractivity contribution is -0.122. The molecule has 3 aliphatic rings. The molecule has 1 aliphatic heterocycles. The second kappa shape index (κ2) is 8.42. The van der Waals surface area contributed by atoms with E-state index in [2.05, 4.69) is 20.7 Å². The van der Waals surface area contributed by atoms with E-state index in [-0.39, 0.29) is 23.9 Å². The van der Waals surface area contributed by atoms with Crippen molar-refractivity contribution >= 4 is 11.8 Å². The summed E-state index contributed by atoms with van der Waals surface area (Å²) in [4.78, 5) is 26.8. The van der Waals surface area contributed by atoms with Crippen molar-refractivity contribution in [2.45, 2.75) is 75.8 Å². The number of rotatable bonds is 7. The zero-order chi connectivity index (χ0) is 18.6. The van der Waals surface area contributed by atoms with E-state index in [4.69, 9.17) is 4.52 Å². The number of hydrogen-bond donors (Lipinski definition) is 2. The predicted molar refractivity (Wildman–Crippen MR) is 100 cm³/mol. The van der Waals surface area contributed by atoms with Crippen LogP contribution in [0.1, 0.15) is 80.0 Å². The van der Waals surface area contributed by atoms with Gasteiger partial charge < -0.3 is 20.1 Å². The quantitative estimate of drug-likeness (QED) is 0.764. The van der Waals surface area contributed by atoms with E-state index in [1.165, 1.54) is 12.8 Å². The van der Waals surface area contributed by atoms with E-state index in [0.29, 0.717) is 18.0 Å². The molecule has 7 heteroatoms. The van der Waals surface area contributed by atoms with Crippen molar-refractivity contribution < 1.29 is 14.1 Å². The van der Waals surface area contributed by atoms with Crippen LogP contribution in [0.5, 0.6) is 0 Å². The highest BCUT2D eigenvalue weighted by molar-refractivity contribution is 5.92. The Bertz CT molecular complexity index is 656. The van der Waals surface area contributed by atoms with E-state index in [1.54, 1.807) is 6.07 Å². The van der Waals surface area contributed by atoms with Gasteiger partial charge in [0.15, 0.2) is 5.69 Å². The van der Waals surface area contributed by atoms with E-state index >= 15 is 0 Å². The minimum Gasteiger partial charge on any atom is -0.360 e. The van der Waals surface area contributed by atoms with Crippen molar-refractivity contribution in [1.82, 2.24) is 20.7 Å². The lowest BCUT2D eigenvalue weighted by atomic mass is 9.91. The third kappa shape index (κ3) is 5.09. The van der Waals surface area contributed by atoms with Gasteiger partial charge in [0.25, 0.3) is 5.91 Å². The summed E-state index contributed by atoms with van der Waals surface area (Å²) < 4.78 is 5.26. The molecule has 0 bridgehead atoms. The van der Waals surface area contributed by atoms with Crippen LogP contribution in [0, 0.1) is 0 Å². The lowest BCUT2D eigenvalue weighted by Crippen LogP contribution is -2.44. The van der Waals surface area contributed by atoms with Crippen molar-refractivity contribution in [3.05, 3.63) is 17.5 Å². The normalized spacial score (nSPS) is 26.1. The van der Waals surface area contributed by atoms with Gasteiger partial charge in [-0.05, 0) is 64.5 Å². The average Bonchev–Trinajstić information content (AvgIpc) is 3.18. The summed E-state index contributed by atoms with van der Waals surface area (Å²) in [5.41, 5.74) is 0.384. The first-order valence-electron chi connectivity index (χ1n) is 10.5. The molecule has 1 aromatic rings. The molecule has 7 nitrogen and oxygen atoms in total. The number of likely N-dealkylation sites (tertiary alicyclic amines) is 1. The van der Waals surface area contributed by atoms with Crippen LogP contribution >= 0.6 is 0 Å². The molecular formula is C20H30N4O3. The standard InChI is InChI=1S/C20H30N4O3/c25-19(9-12-24-10-1-2-11-24)21-15-5-7-16(8-6-15)22-20(26)17-13-18(27-23-17)14-3-4-14/h13-16H,1-12H2,(H,21,25)(H,22,26)/t15-,16-. The summed E-state index contributed by atoms with van der Waals surface area (Å²) >= 11 is 0. The summed E-state index contributed by atoms with van der Waals surface area (Å²) in [7, 11) is 0. The summed E-state index contributed by atoms with van der Waals surface area (Å²) in [6.45, 7) is 3.13. The molecule has 0 atom stereocenters. The lowest BCUT2D eigenvalue weighted by Gasteiger charge is -2.29. The molecule has 0 unspecified atom stereocenters.